The SMILES string of the molecule is CCC(CC)c1ccnc(-c2[c-]ccc3c2sc2c(-c4ccccc4)cccc23)c1.C[Si](C)(C)c1ccc(-c2[c-]cccc2)nc1.[Ir]. The van der Waals surface area contributed by atoms with E-state index in [1.807, 2.05) is 54.1 Å². The van der Waals surface area contributed by atoms with Gasteiger partial charge >= 0.3 is 0 Å². The van der Waals surface area contributed by atoms with Crippen LogP contribution in [0, 0.1) is 12.1 Å². The van der Waals surface area contributed by atoms with E-state index in [-0.39, 0.29) is 20.1 Å². The van der Waals surface area contributed by atoms with Crippen molar-refractivity contribution in [1.29, 1.82) is 0 Å². The van der Waals surface area contributed by atoms with Crippen molar-refractivity contribution >= 4 is 44.8 Å². The Morgan fingerprint density at radius 1 is 0.702 bits per heavy atom. The fourth-order valence-electron chi connectivity index (χ4n) is 5.95. The molecule has 0 aliphatic heterocycles. The minimum atomic E-state index is -1.23. The average molecular weight is 825 g/mol. The fourth-order valence-corrected chi connectivity index (χ4v) is 8.32. The molecule has 0 saturated carbocycles. The van der Waals surface area contributed by atoms with Gasteiger partial charge in [-0.15, -0.1) is 59.7 Å². The van der Waals surface area contributed by atoms with Crippen LogP contribution in [0.4, 0.5) is 0 Å². The van der Waals surface area contributed by atoms with Crippen molar-refractivity contribution in [2.45, 2.75) is 52.2 Å². The van der Waals surface area contributed by atoms with E-state index in [0.29, 0.717) is 5.92 Å². The smallest absolute Gasteiger partial charge is 0.0795 e. The summed E-state index contributed by atoms with van der Waals surface area (Å²) in [5.74, 6) is 0.582. The molecule has 239 valence electrons. The van der Waals surface area contributed by atoms with Crippen molar-refractivity contribution in [3.8, 4) is 33.6 Å². The van der Waals surface area contributed by atoms with Crippen molar-refractivity contribution in [1.82, 2.24) is 9.97 Å². The molecule has 0 N–H and O–H groups in total. The first-order valence-corrected chi connectivity index (χ1v) is 20.5. The first-order chi connectivity index (χ1) is 22.4. The Kier molecular flexibility index (Phi) is 11.4. The van der Waals surface area contributed by atoms with Crippen LogP contribution in [0.25, 0.3) is 53.8 Å². The molecule has 0 spiro atoms. The summed E-state index contributed by atoms with van der Waals surface area (Å²) in [5.41, 5.74) is 8.13. The van der Waals surface area contributed by atoms with Gasteiger partial charge in [0.1, 0.15) is 0 Å². The summed E-state index contributed by atoms with van der Waals surface area (Å²) < 4.78 is 2.60. The standard InChI is InChI=1S/C28H24NS.C14H16NSi.Ir/c1-3-19(4-2)21-16-17-29-26(18-21)25-15-9-14-24-23-13-8-12-22(27(23)30-28(24)25)20-10-6-5-7-11-20;1-16(2,3)13-9-10-14(15-11-13)12-7-5-4-6-8-12;/h5-14,16-19H,3-4H2,1-2H3;4-7,9-11H,1-3H3;/q2*-1;. The van der Waals surface area contributed by atoms with Gasteiger partial charge in [0.25, 0.3) is 0 Å². The van der Waals surface area contributed by atoms with Crippen LogP contribution in [0.1, 0.15) is 38.2 Å². The predicted molar refractivity (Wildman–Crippen MR) is 202 cm³/mol. The molecule has 0 aliphatic carbocycles. The van der Waals surface area contributed by atoms with Gasteiger partial charge in [-0.3, -0.25) is 0 Å². The van der Waals surface area contributed by atoms with Crippen molar-refractivity contribution in [3.05, 3.63) is 139 Å². The van der Waals surface area contributed by atoms with Crippen molar-refractivity contribution in [3.63, 3.8) is 0 Å². The molecule has 7 rings (SSSR count). The Bertz CT molecular complexity index is 2050. The summed E-state index contributed by atoms with van der Waals surface area (Å²) in [7, 11) is -1.23. The molecule has 0 fully saturated rings. The third-order valence-corrected chi connectivity index (χ3v) is 12.0. The van der Waals surface area contributed by atoms with E-state index < -0.39 is 8.07 Å². The van der Waals surface area contributed by atoms with E-state index in [4.69, 9.17) is 4.98 Å². The molecule has 4 aromatic carbocycles. The van der Waals surface area contributed by atoms with E-state index in [0.717, 1.165) is 35.4 Å². The monoisotopic (exact) mass is 825 g/mol. The molecule has 0 aliphatic rings. The third kappa shape index (κ3) is 7.71. The molecule has 0 saturated heterocycles. The first-order valence-electron chi connectivity index (χ1n) is 16.2. The van der Waals surface area contributed by atoms with Crippen LogP contribution in [0.15, 0.2) is 122 Å². The molecular formula is C42H40IrN2SSi-2. The van der Waals surface area contributed by atoms with Gasteiger partial charge in [-0.25, -0.2) is 0 Å². The Labute approximate surface area is 298 Å². The molecule has 0 bridgehead atoms. The van der Waals surface area contributed by atoms with Crippen molar-refractivity contribution in [2.24, 2.45) is 0 Å². The van der Waals surface area contributed by atoms with E-state index in [9.17, 15) is 0 Å². The average Bonchev–Trinajstić information content (AvgIpc) is 3.49. The minimum absolute atomic E-state index is 0. The van der Waals surface area contributed by atoms with E-state index in [2.05, 4.69) is 129 Å². The van der Waals surface area contributed by atoms with Gasteiger partial charge in [0.15, 0.2) is 0 Å². The molecule has 5 heteroatoms. The maximum atomic E-state index is 4.74. The number of pyridine rings is 2. The fraction of sp³-hybridized carbons (Fsp3) is 0.190. The molecular weight excluding hydrogens is 785 g/mol. The minimum Gasteiger partial charge on any atom is -0.305 e. The predicted octanol–water partition coefficient (Wildman–Crippen LogP) is 11.6. The number of nitrogens with zero attached hydrogens (tertiary/aromatic N) is 2. The summed E-state index contributed by atoms with van der Waals surface area (Å²) in [4.78, 5) is 9.26. The normalized spacial score (nSPS) is 11.3. The summed E-state index contributed by atoms with van der Waals surface area (Å²) >= 11 is 1.86. The Morgan fingerprint density at radius 2 is 1.47 bits per heavy atom. The van der Waals surface area contributed by atoms with Crippen LogP contribution in [-0.2, 0) is 20.1 Å². The van der Waals surface area contributed by atoms with Gasteiger partial charge in [-0.1, -0.05) is 111 Å². The summed E-state index contributed by atoms with van der Waals surface area (Å²) in [5, 5.41) is 3.99. The van der Waals surface area contributed by atoms with E-state index in [1.54, 1.807) is 0 Å². The molecule has 2 nitrogen and oxygen atoms in total. The second-order valence-corrected chi connectivity index (χ2v) is 18.8. The zero-order chi connectivity index (χ0) is 32.1. The second-order valence-electron chi connectivity index (χ2n) is 12.7. The van der Waals surface area contributed by atoms with Gasteiger partial charge in [0.2, 0.25) is 0 Å². The summed E-state index contributed by atoms with van der Waals surface area (Å²) in [6.45, 7) is 11.5. The van der Waals surface area contributed by atoms with Crippen LogP contribution < -0.4 is 5.19 Å². The molecule has 1 radical (unpaired) electrons. The largest absolute Gasteiger partial charge is 0.305 e. The van der Waals surface area contributed by atoms with Crippen LogP contribution in [-0.4, -0.2) is 18.0 Å². The third-order valence-electron chi connectivity index (χ3n) is 8.66. The number of aromatic nitrogens is 2. The van der Waals surface area contributed by atoms with Crippen LogP contribution in [0.5, 0.6) is 0 Å². The Morgan fingerprint density at radius 3 is 2.15 bits per heavy atom. The van der Waals surface area contributed by atoms with Crippen LogP contribution in [0.2, 0.25) is 19.6 Å². The molecule has 3 aromatic heterocycles. The number of fused-ring (bicyclic) bond motifs is 3. The topological polar surface area (TPSA) is 25.8 Å². The van der Waals surface area contributed by atoms with E-state index in [1.165, 1.54) is 42.0 Å². The van der Waals surface area contributed by atoms with Gasteiger partial charge in [0, 0.05) is 37.2 Å². The number of benzene rings is 4. The number of hydrogen-bond acceptors (Lipinski definition) is 3. The molecule has 47 heavy (non-hydrogen) atoms. The number of hydrogen-bond donors (Lipinski definition) is 0. The summed E-state index contributed by atoms with van der Waals surface area (Å²) in [6.07, 6.45) is 6.27. The number of thiophene rings is 1. The van der Waals surface area contributed by atoms with Gasteiger partial charge < -0.3 is 9.97 Å². The molecule has 7 aromatic rings. The van der Waals surface area contributed by atoms with Gasteiger partial charge in [-0.05, 0) is 62.6 Å². The van der Waals surface area contributed by atoms with Crippen LogP contribution >= 0.6 is 11.3 Å². The van der Waals surface area contributed by atoms with E-state index >= 15 is 0 Å². The first kappa shape index (κ1) is 34.6. The zero-order valence-electron chi connectivity index (χ0n) is 27.7. The maximum Gasteiger partial charge on any atom is 0.0795 e. The quantitative estimate of drug-likeness (QED) is 0.118. The number of rotatable bonds is 7. The second kappa shape index (κ2) is 15.4. The van der Waals surface area contributed by atoms with Crippen molar-refractivity contribution in [2.75, 3.05) is 0 Å². The molecule has 0 atom stereocenters. The molecule has 3 heterocycles. The Hall–Kier alpha value is -3.73. The summed E-state index contributed by atoms with van der Waals surface area (Å²) in [6, 6.07) is 44.9. The maximum absolute atomic E-state index is 4.74. The Balaban J connectivity index is 0.000000217. The van der Waals surface area contributed by atoms with Crippen LogP contribution in [0.3, 0.4) is 0 Å². The van der Waals surface area contributed by atoms with Gasteiger partial charge in [0.05, 0.1) is 8.07 Å². The zero-order valence-corrected chi connectivity index (χ0v) is 31.9. The molecule has 0 amide bonds. The molecule has 0 unspecified atom stereocenters. The van der Waals surface area contributed by atoms with Crippen molar-refractivity contribution < 1.29 is 20.1 Å². The van der Waals surface area contributed by atoms with Gasteiger partial charge in [-0.2, -0.15) is 11.3 Å².